The number of nitrogens with zero attached hydrogens (tertiary/aromatic N) is 1. The minimum absolute atomic E-state index is 0.568. The van der Waals surface area contributed by atoms with Gasteiger partial charge in [0.2, 0.25) is 0 Å². The van der Waals surface area contributed by atoms with E-state index in [4.69, 9.17) is 28.9 Å². The van der Waals surface area contributed by atoms with Crippen molar-refractivity contribution in [3.05, 3.63) is 33.4 Å². The molecular formula is C11H10Cl2N2. The molecular weight excluding hydrogens is 231 g/mol. The third-order valence-electron chi connectivity index (χ3n) is 2.38. The van der Waals surface area contributed by atoms with Gasteiger partial charge >= 0.3 is 0 Å². The highest BCUT2D eigenvalue weighted by Gasteiger charge is 2.11. The second-order valence-corrected chi connectivity index (χ2v) is 4.36. The Kier molecular flexibility index (Phi) is 2.49. The molecule has 0 fully saturated rings. The van der Waals surface area contributed by atoms with Crippen LogP contribution in [-0.4, -0.2) is 4.98 Å². The summed E-state index contributed by atoms with van der Waals surface area (Å²) in [5.41, 5.74) is 8.99. The number of hydrogen-bond donors (Lipinski definition) is 1. The molecule has 4 heteroatoms. The average molecular weight is 241 g/mol. The molecule has 0 aliphatic heterocycles. The van der Waals surface area contributed by atoms with E-state index in [1.807, 2.05) is 13.8 Å². The average Bonchev–Trinajstić information content (AvgIpc) is 2.12. The molecule has 0 radical (unpaired) electrons. The third-order valence-corrected chi connectivity index (χ3v) is 3.07. The lowest BCUT2D eigenvalue weighted by Gasteiger charge is -2.09. The lowest BCUT2D eigenvalue weighted by atomic mass is 10.1. The van der Waals surface area contributed by atoms with Crippen LogP contribution in [0.25, 0.3) is 10.9 Å². The lowest BCUT2D eigenvalue weighted by Crippen LogP contribution is -1.94. The maximum Gasteiger partial charge on any atom is 0.0784 e. The standard InChI is InChI=1S/C11H10Cl2N2/c1-5-3-8(13)10-9(14)4-7(12)6(2)11(10)15-5/h3-4H,14H2,1-2H3. The summed E-state index contributed by atoms with van der Waals surface area (Å²) < 4.78 is 0. The summed E-state index contributed by atoms with van der Waals surface area (Å²) in [6.07, 6.45) is 0. The van der Waals surface area contributed by atoms with E-state index in [1.165, 1.54) is 0 Å². The molecule has 0 saturated carbocycles. The maximum absolute atomic E-state index is 6.13. The second kappa shape index (κ2) is 3.54. The Morgan fingerprint density at radius 1 is 1.13 bits per heavy atom. The summed E-state index contributed by atoms with van der Waals surface area (Å²) >= 11 is 12.2. The van der Waals surface area contributed by atoms with E-state index < -0.39 is 0 Å². The zero-order chi connectivity index (χ0) is 11.2. The van der Waals surface area contributed by atoms with Crippen LogP contribution >= 0.6 is 23.2 Å². The molecule has 0 saturated heterocycles. The normalized spacial score (nSPS) is 10.9. The summed E-state index contributed by atoms with van der Waals surface area (Å²) in [4.78, 5) is 4.41. The monoisotopic (exact) mass is 240 g/mol. The Morgan fingerprint density at radius 3 is 2.47 bits per heavy atom. The number of halogens is 2. The summed E-state index contributed by atoms with van der Waals surface area (Å²) in [6, 6.07) is 3.51. The predicted octanol–water partition coefficient (Wildman–Crippen LogP) is 3.74. The second-order valence-electron chi connectivity index (χ2n) is 3.54. The molecule has 1 heterocycles. The molecule has 1 aromatic heterocycles. The van der Waals surface area contributed by atoms with Crippen molar-refractivity contribution in [3.63, 3.8) is 0 Å². The molecule has 2 aromatic rings. The molecule has 2 rings (SSSR count). The first-order chi connectivity index (χ1) is 7.00. The molecule has 0 unspecified atom stereocenters. The topological polar surface area (TPSA) is 38.9 Å². The number of aryl methyl sites for hydroxylation is 2. The van der Waals surface area contributed by atoms with E-state index in [9.17, 15) is 0 Å². The number of fused-ring (bicyclic) bond motifs is 1. The first-order valence-electron chi connectivity index (χ1n) is 4.52. The van der Waals surface area contributed by atoms with E-state index in [0.29, 0.717) is 15.7 Å². The number of benzene rings is 1. The third kappa shape index (κ3) is 1.64. The molecule has 0 aliphatic rings. The highest BCUT2D eigenvalue weighted by molar-refractivity contribution is 6.38. The molecule has 0 amide bonds. The Hall–Kier alpha value is -0.990. The largest absolute Gasteiger partial charge is 0.398 e. The van der Waals surface area contributed by atoms with Gasteiger partial charge in [-0.1, -0.05) is 23.2 Å². The fourth-order valence-corrected chi connectivity index (χ4v) is 2.17. The van der Waals surface area contributed by atoms with Gasteiger partial charge in [-0.3, -0.25) is 4.98 Å². The minimum atomic E-state index is 0.568. The van der Waals surface area contributed by atoms with Crippen LogP contribution in [0.15, 0.2) is 12.1 Å². The van der Waals surface area contributed by atoms with E-state index in [-0.39, 0.29) is 0 Å². The zero-order valence-electron chi connectivity index (χ0n) is 8.44. The van der Waals surface area contributed by atoms with Gasteiger partial charge in [0.15, 0.2) is 0 Å². The SMILES string of the molecule is Cc1cc(Cl)c2c(N)cc(Cl)c(C)c2n1. The Labute approximate surface area is 98.0 Å². The van der Waals surface area contributed by atoms with Gasteiger partial charge in [0.25, 0.3) is 0 Å². The fourth-order valence-electron chi connectivity index (χ4n) is 1.61. The van der Waals surface area contributed by atoms with Gasteiger partial charge in [0.05, 0.1) is 10.5 Å². The maximum atomic E-state index is 6.13. The number of rotatable bonds is 0. The lowest BCUT2D eigenvalue weighted by molar-refractivity contribution is 1.24. The van der Waals surface area contributed by atoms with E-state index in [2.05, 4.69) is 4.98 Å². The minimum Gasteiger partial charge on any atom is -0.398 e. The Balaban J connectivity index is 3.02. The summed E-state index contributed by atoms with van der Waals surface area (Å²) in [5.74, 6) is 0. The number of pyridine rings is 1. The van der Waals surface area contributed by atoms with Gasteiger partial charge in [0.1, 0.15) is 0 Å². The predicted molar refractivity (Wildman–Crippen MR) is 65.6 cm³/mol. The van der Waals surface area contributed by atoms with Crippen LogP contribution < -0.4 is 5.73 Å². The first-order valence-corrected chi connectivity index (χ1v) is 5.27. The van der Waals surface area contributed by atoms with Crippen molar-refractivity contribution in [2.75, 3.05) is 5.73 Å². The van der Waals surface area contributed by atoms with Gasteiger partial charge in [-0.2, -0.15) is 0 Å². The van der Waals surface area contributed by atoms with Crippen molar-refractivity contribution in [1.82, 2.24) is 4.98 Å². The fraction of sp³-hybridized carbons (Fsp3) is 0.182. The Morgan fingerprint density at radius 2 is 1.80 bits per heavy atom. The number of hydrogen-bond acceptors (Lipinski definition) is 2. The zero-order valence-corrected chi connectivity index (χ0v) is 9.95. The van der Waals surface area contributed by atoms with E-state index in [1.54, 1.807) is 12.1 Å². The van der Waals surface area contributed by atoms with Crippen molar-refractivity contribution in [1.29, 1.82) is 0 Å². The summed E-state index contributed by atoms with van der Waals surface area (Å²) in [5, 5.41) is 2.02. The highest BCUT2D eigenvalue weighted by Crippen LogP contribution is 2.34. The van der Waals surface area contributed by atoms with Crippen LogP contribution in [0.4, 0.5) is 5.69 Å². The molecule has 78 valence electrons. The molecule has 0 atom stereocenters. The van der Waals surface area contributed by atoms with Crippen molar-refractivity contribution in [3.8, 4) is 0 Å². The number of aromatic nitrogens is 1. The number of anilines is 1. The van der Waals surface area contributed by atoms with Crippen LogP contribution in [0.5, 0.6) is 0 Å². The first kappa shape index (κ1) is 10.5. The summed E-state index contributed by atoms with van der Waals surface area (Å²) in [6.45, 7) is 3.80. The molecule has 2 nitrogen and oxygen atoms in total. The molecule has 15 heavy (non-hydrogen) atoms. The van der Waals surface area contributed by atoms with E-state index >= 15 is 0 Å². The Bertz CT molecular complexity index is 542. The van der Waals surface area contributed by atoms with Crippen LogP contribution in [0.2, 0.25) is 10.0 Å². The van der Waals surface area contributed by atoms with Crippen molar-refractivity contribution < 1.29 is 0 Å². The smallest absolute Gasteiger partial charge is 0.0784 e. The van der Waals surface area contributed by atoms with Gasteiger partial charge in [-0.05, 0) is 31.5 Å². The van der Waals surface area contributed by atoms with Crippen molar-refractivity contribution in [2.24, 2.45) is 0 Å². The van der Waals surface area contributed by atoms with Gasteiger partial charge < -0.3 is 5.73 Å². The van der Waals surface area contributed by atoms with Gasteiger partial charge in [0, 0.05) is 21.8 Å². The van der Waals surface area contributed by atoms with E-state index in [0.717, 1.165) is 22.2 Å². The number of nitrogen functional groups attached to an aromatic ring is 1. The molecule has 2 N–H and O–H groups in total. The quantitative estimate of drug-likeness (QED) is 0.713. The van der Waals surface area contributed by atoms with Crippen molar-refractivity contribution >= 4 is 39.8 Å². The number of nitrogens with two attached hydrogens (primary N) is 1. The summed E-state index contributed by atoms with van der Waals surface area (Å²) in [7, 11) is 0. The van der Waals surface area contributed by atoms with Crippen LogP contribution in [0, 0.1) is 13.8 Å². The van der Waals surface area contributed by atoms with Crippen LogP contribution in [0.3, 0.4) is 0 Å². The molecule has 0 aliphatic carbocycles. The molecule has 0 bridgehead atoms. The van der Waals surface area contributed by atoms with Crippen LogP contribution in [-0.2, 0) is 0 Å². The highest BCUT2D eigenvalue weighted by atomic mass is 35.5. The van der Waals surface area contributed by atoms with Gasteiger partial charge in [-0.15, -0.1) is 0 Å². The van der Waals surface area contributed by atoms with Crippen LogP contribution in [0.1, 0.15) is 11.3 Å². The van der Waals surface area contributed by atoms with Gasteiger partial charge in [-0.25, -0.2) is 0 Å². The van der Waals surface area contributed by atoms with Crippen molar-refractivity contribution in [2.45, 2.75) is 13.8 Å². The molecule has 1 aromatic carbocycles. The molecule has 0 spiro atoms.